The molecule has 0 aliphatic carbocycles. The van der Waals surface area contributed by atoms with Crippen molar-refractivity contribution >= 4 is 32.2 Å². The van der Waals surface area contributed by atoms with Crippen LogP contribution in [0.25, 0.3) is 15.0 Å². The molecule has 0 saturated heterocycles. The highest BCUT2D eigenvalue weighted by Gasteiger charge is 2.14. The van der Waals surface area contributed by atoms with Crippen molar-refractivity contribution < 1.29 is 0 Å². The number of halogens is 1. The molecule has 0 fully saturated rings. The minimum Gasteiger partial charge on any atom is -0.0843 e. The third-order valence-electron chi connectivity index (χ3n) is 2.59. The zero-order valence-electron chi connectivity index (χ0n) is 8.56. The first kappa shape index (κ1) is 9.88. The standard InChI is InChI=1S/C14H10ClS/c15-12-6-7-14-11(10-12)8-9-16(14)13-4-2-1-3-5-13/h1-10H/q+1. The third kappa shape index (κ3) is 1.62. The SMILES string of the molecule is Clc1ccc2c(cc[s+]2-c2ccccc2)c1. The van der Waals surface area contributed by atoms with E-state index in [2.05, 4.69) is 47.8 Å². The van der Waals surface area contributed by atoms with Crippen molar-refractivity contribution in [3.63, 3.8) is 0 Å². The first-order chi connectivity index (χ1) is 7.84. The van der Waals surface area contributed by atoms with Crippen molar-refractivity contribution in [2.45, 2.75) is 0 Å². The first-order valence-electron chi connectivity index (χ1n) is 5.10. The van der Waals surface area contributed by atoms with E-state index in [1.165, 1.54) is 15.0 Å². The molecule has 2 heteroatoms. The number of hydrogen-bond donors (Lipinski definition) is 0. The van der Waals surface area contributed by atoms with Gasteiger partial charge >= 0.3 is 0 Å². The normalized spacial score (nSPS) is 11.9. The van der Waals surface area contributed by atoms with E-state index in [0.717, 1.165) is 5.02 Å². The van der Waals surface area contributed by atoms with Crippen LogP contribution in [0.3, 0.4) is 0 Å². The van der Waals surface area contributed by atoms with Crippen LogP contribution in [0, 0.1) is 0 Å². The summed E-state index contributed by atoms with van der Waals surface area (Å²) in [5.74, 6) is 0. The molecule has 0 radical (unpaired) electrons. The fraction of sp³-hybridized carbons (Fsp3) is 0. The van der Waals surface area contributed by atoms with Crippen molar-refractivity contribution in [3.05, 3.63) is 65.0 Å². The molecule has 1 aromatic heterocycles. The van der Waals surface area contributed by atoms with Crippen molar-refractivity contribution in [2.24, 2.45) is 0 Å². The maximum absolute atomic E-state index is 5.99. The smallest absolute Gasteiger partial charge is 0.0843 e. The highest BCUT2D eigenvalue weighted by molar-refractivity contribution is 7.43. The maximum atomic E-state index is 5.99. The van der Waals surface area contributed by atoms with Crippen LogP contribution in [0.5, 0.6) is 0 Å². The van der Waals surface area contributed by atoms with E-state index in [1.807, 2.05) is 12.1 Å². The van der Waals surface area contributed by atoms with Crippen LogP contribution in [-0.2, 0) is 0 Å². The van der Waals surface area contributed by atoms with Gasteiger partial charge in [-0.3, -0.25) is 0 Å². The first-order valence-corrected chi connectivity index (χ1v) is 6.77. The van der Waals surface area contributed by atoms with Crippen molar-refractivity contribution in [3.8, 4) is 4.90 Å². The molecule has 0 saturated carbocycles. The largest absolute Gasteiger partial charge is 0.186 e. The molecule has 0 bridgehead atoms. The van der Waals surface area contributed by atoms with Crippen molar-refractivity contribution in [1.82, 2.24) is 0 Å². The van der Waals surface area contributed by atoms with Gasteiger partial charge in [-0.15, -0.1) is 0 Å². The van der Waals surface area contributed by atoms with E-state index in [9.17, 15) is 0 Å². The van der Waals surface area contributed by atoms with Gasteiger partial charge in [-0.25, -0.2) is 0 Å². The molecule has 3 aromatic rings. The Balaban J connectivity index is 2.26. The van der Waals surface area contributed by atoms with Gasteiger partial charge in [0.25, 0.3) is 0 Å². The third-order valence-corrected chi connectivity index (χ3v) is 4.86. The van der Waals surface area contributed by atoms with E-state index in [-0.39, 0.29) is 10.5 Å². The lowest BCUT2D eigenvalue weighted by Gasteiger charge is -1.91. The molecule has 3 rings (SSSR count). The summed E-state index contributed by atoms with van der Waals surface area (Å²) in [4.78, 5) is 1.36. The number of fused-ring (bicyclic) bond motifs is 1. The topological polar surface area (TPSA) is 0 Å². The van der Waals surface area contributed by atoms with Crippen LogP contribution in [-0.4, -0.2) is 0 Å². The molecule has 78 valence electrons. The Bertz CT molecular complexity index is 626. The molecule has 0 N–H and O–H groups in total. The van der Waals surface area contributed by atoms with E-state index < -0.39 is 0 Å². The Hall–Kier alpha value is -1.31. The van der Waals surface area contributed by atoms with Gasteiger partial charge in [0.2, 0.25) is 0 Å². The summed E-state index contributed by atoms with van der Waals surface area (Å²) in [5.41, 5.74) is 0. The minimum absolute atomic E-state index is 0.0869. The molecule has 0 spiro atoms. The van der Waals surface area contributed by atoms with Gasteiger partial charge < -0.3 is 0 Å². The van der Waals surface area contributed by atoms with Gasteiger partial charge in [-0.2, -0.15) is 0 Å². The van der Waals surface area contributed by atoms with E-state index in [1.54, 1.807) is 0 Å². The van der Waals surface area contributed by atoms with Gasteiger partial charge in [-0.1, -0.05) is 29.8 Å². The average molecular weight is 246 g/mol. The molecule has 1 unspecified atom stereocenters. The van der Waals surface area contributed by atoms with Gasteiger partial charge in [0.1, 0.15) is 5.38 Å². The highest BCUT2D eigenvalue weighted by Crippen LogP contribution is 2.39. The Morgan fingerprint density at radius 3 is 2.50 bits per heavy atom. The molecule has 0 amide bonds. The lowest BCUT2D eigenvalue weighted by molar-refractivity contribution is 1.76. The van der Waals surface area contributed by atoms with E-state index in [4.69, 9.17) is 11.6 Å². The fourth-order valence-electron chi connectivity index (χ4n) is 1.84. The molecule has 2 aromatic carbocycles. The Kier molecular flexibility index (Phi) is 2.43. The molecule has 1 atom stereocenters. The van der Waals surface area contributed by atoms with Crippen molar-refractivity contribution in [2.75, 3.05) is 0 Å². The van der Waals surface area contributed by atoms with Gasteiger partial charge in [0, 0.05) is 33.0 Å². The summed E-state index contributed by atoms with van der Waals surface area (Å²) >= 11 is 5.99. The second-order valence-corrected chi connectivity index (χ2v) is 5.93. The van der Waals surface area contributed by atoms with Crippen LogP contribution in [0.1, 0.15) is 0 Å². The fourth-order valence-corrected chi connectivity index (χ4v) is 3.90. The predicted molar refractivity (Wildman–Crippen MR) is 72.8 cm³/mol. The number of rotatable bonds is 1. The van der Waals surface area contributed by atoms with Crippen LogP contribution in [0.2, 0.25) is 5.02 Å². The van der Waals surface area contributed by atoms with Gasteiger partial charge in [0.05, 0.1) is 0 Å². The van der Waals surface area contributed by atoms with Crippen LogP contribution >= 0.6 is 22.1 Å². The summed E-state index contributed by atoms with van der Waals surface area (Å²) in [5, 5.41) is 4.32. The Morgan fingerprint density at radius 1 is 0.875 bits per heavy atom. The zero-order valence-corrected chi connectivity index (χ0v) is 10.1. The summed E-state index contributed by atoms with van der Waals surface area (Å²) in [6.45, 7) is 0. The molecular weight excluding hydrogens is 236 g/mol. The van der Waals surface area contributed by atoms with Crippen molar-refractivity contribution in [1.29, 1.82) is 0 Å². The Labute approximate surface area is 102 Å². The van der Waals surface area contributed by atoms with E-state index >= 15 is 0 Å². The van der Waals surface area contributed by atoms with E-state index in [0.29, 0.717) is 0 Å². The molecule has 16 heavy (non-hydrogen) atoms. The van der Waals surface area contributed by atoms with Crippen LogP contribution < -0.4 is 0 Å². The molecular formula is C14H10ClS+. The lowest BCUT2D eigenvalue weighted by Crippen LogP contribution is -1.68. The average Bonchev–Trinajstić information content (AvgIpc) is 2.73. The van der Waals surface area contributed by atoms with Gasteiger partial charge in [-0.05, 0) is 24.3 Å². The predicted octanol–water partition coefficient (Wildman–Crippen LogP) is 5.23. The summed E-state index contributed by atoms with van der Waals surface area (Å²) in [6.07, 6.45) is 0. The van der Waals surface area contributed by atoms with Crippen LogP contribution in [0.15, 0.2) is 60.0 Å². The zero-order chi connectivity index (χ0) is 11.0. The summed E-state index contributed by atoms with van der Waals surface area (Å²) in [6, 6.07) is 18.9. The number of hydrogen-bond acceptors (Lipinski definition) is 0. The summed E-state index contributed by atoms with van der Waals surface area (Å²) in [7, 11) is 0.0869. The molecule has 0 aliphatic rings. The van der Waals surface area contributed by atoms with Crippen LogP contribution in [0.4, 0.5) is 0 Å². The minimum atomic E-state index is 0.0869. The second kappa shape index (κ2) is 3.93. The number of benzene rings is 2. The quantitative estimate of drug-likeness (QED) is 0.515. The Morgan fingerprint density at radius 2 is 1.69 bits per heavy atom. The summed E-state index contributed by atoms with van der Waals surface area (Å²) < 4.78 is 1.37. The highest BCUT2D eigenvalue weighted by atomic mass is 35.5. The number of thiophene rings is 1. The molecule has 0 nitrogen and oxygen atoms in total. The lowest BCUT2D eigenvalue weighted by atomic mass is 10.3. The van der Waals surface area contributed by atoms with Gasteiger partial charge in [0.15, 0.2) is 9.60 Å². The maximum Gasteiger partial charge on any atom is 0.186 e. The molecule has 0 aliphatic heterocycles. The monoisotopic (exact) mass is 245 g/mol. The second-order valence-electron chi connectivity index (χ2n) is 3.64. The molecule has 1 heterocycles.